The van der Waals surface area contributed by atoms with Crippen LogP contribution in [0.2, 0.25) is 0 Å². The summed E-state index contributed by atoms with van der Waals surface area (Å²) in [5, 5.41) is 0. The van der Waals surface area contributed by atoms with Crippen LogP contribution >= 0.6 is 0 Å². The Morgan fingerprint density at radius 1 is 1.36 bits per heavy atom. The van der Waals surface area contributed by atoms with Crippen LogP contribution in [-0.2, 0) is 6.42 Å². The summed E-state index contributed by atoms with van der Waals surface area (Å²) in [7, 11) is 0. The highest BCUT2D eigenvalue weighted by Crippen LogP contribution is 2.10. The van der Waals surface area contributed by atoms with Gasteiger partial charge in [-0.1, -0.05) is 19.8 Å². The van der Waals surface area contributed by atoms with E-state index < -0.39 is 0 Å². The minimum absolute atomic E-state index is 1.02. The van der Waals surface area contributed by atoms with Gasteiger partial charge >= 0.3 is 0 Å². The van der Waals surface area contributed by atoms with Crippen LogP contribution < -0.4 is 0 Å². The van der Waals surface area contributed by atoms with Gasteiger partial charge in [0, 0.05) is 0 Å². The molecule has 1 aromatic heterocycles. The quantitative estimate of drug-likeness (QED) is 0.603. The fourth-order valence-corrected chi connectivity index (χ4v) is 1.21. The molecule has 0 aliphatic rings. The van der Waals surface area contributed by atoms with Gasteiger partial charge in [-0.3, -0.25) is 0 Å². The molecule has 0 fully saturated rings. The Bertz CT molecular complexity index is 200. The van der Waals surface area contributed by atoms with Crippen LogP contribution in [0.5, 0.6) is 0 Å². The fourth-order valence-electron chi connectivity index (χ4n) is 1.21. The summed E-state index contributed by atoms with van der Waals surface area (Å²) < 4.78 is 5.20. The van der Waals surface area contributed by atoms with Crippen molar-refractivity contribution in [1.29, 1.82) is 0 Å². The van der Waals surface area contributed by atoms with Gasteiger partial charge in [0.25, 0.3) is 0 Å². The first kappa shape index (κ1) is 8.38. The van der Waals surface area contributed by atoms with Gasteiger partial charge in [-0.05, 0) is 31.4 Å². The summed E-state index contributed by atoms with van der Waals surface area (Å²) in [5.41, 5.74) is 1.34. The van der Waals surface area contributed by atoms with Crippen molar-refractivity contribution in [2.45, 2.75) is 39.5 Å². The second kappa shape index (κ2) is 4.22. The summed E-state index contributed by atoms with van der Waals surface area (Å²) in [6.07, 6.45) is 6.94. The zero-order valence-corrected chi connectivity index (χ0v) is 7.39. The molecule has 1 nitrogen and oxygen atoms in total. The third-order valence-corrected chi connectivity index (χ3v) is 1.85. The molecule has 0 N–H and O–H groups in total. The molecule has 1 aromatic rings. The molecular formula is C10H16O. The first-order valence-electron chi connectivity index (χ1n) is 4.37. The van der Waals surface area contributed by atoms with Gasteiger partial charge < -0.3 is 4.42 Å². The van der Waals surface area contributed by atoms with Crippen LogP contribution in [0.15, 0.2) is 16.7 Å². The highest BCUT2D eigenvalue weighted by molar-refractivity contribution is 5.11. The van der Waals surface area contributed by atoms with Gasteiger partial charge in [0.15, 0.2) is 0 Å². The van der Waals surface area contributed by atoms with Crippen molar-refractivity contribution in [2.24, 2.45) is 0 Å². The van der Waals surface area contributed by atoms with Crippen LogP contribution in [0.3, 0.4) is 0 Å². The summed E-state index contributed by atoms with van der Waals surface area (Å²) in [5.74, 6) is 1.02. The Morgan fingerprint density at radius 2 is 2.18 bits per heavy atom. The van der Waals surface area contributed by atoms with E-state index in [4.69, 9.17) is 4.42 Å². The number of unbranched alkanes of at least 4 members (excludes halogenated alkanes) is 2. The molecule has 11 heavy (non-hydrogen) atoms. The van der Waals surface area contributed by atoms with E-state index in [1.54, 1.807) is 0 Å². The van der Waals surface area contributed by atoms with E-state index in [0.717, 1.165) is 5.76 Å². The van der Waals surface area contributed by atoms with E-state index in [1.165, 1.54) is 31.2 Å². The molecule has 0 aliphatic carbocycles. The van der Waals surface area contributed by atoms with Crippen molar-refractivity contribution in [3.05, 3.63) is 23.7 Å². The van der Waals surface area contributed by atoms with Crippen molar-refractivity contribution >= 4 is 0 Å². The summed E-state index contributed by atoms with van der Waals surface area (Å²) in [6.45, 7) is 4.21. The van der Waals surface area contributed by atoms with Gasteiger partial charge in [0.2, 0.25) is 0 Å². The zero-order chi connectivity index (χ0) is 8.10. The lowest BCUT2D eigenvalue weighted by molar-refractivity contribution is 0.531. The van der Waals surface area contributed by atoms with Crippen molar-refractivity contribution < 1.29 is 4.42 Å². The number of rotatable bonds is 4. The fraction of sp³-hybridized carbons (Fsp3) is 0.600. The summed E-state index contributed by atoms with van der Waals surface area (Å²) in [4.78, 5) is 0. The molecule has 62 valence electrons. The maximum atomic E-state index is 5.20. The zero-order valence-electron chi connectivity index (χ0n) is 7.39. The predicted molar refractivity (Wildman–Crippen MR) is 46.7 cm³/mol. The standard InChI is InChI=1S/C10H16O/c1-3-4-5-6-10-7-9(2)11-8-10/h7-8H,3-6H2,1-2H3. The Morgan fingerprint density at radius 3 is 2.73 bits per heavy atom. The van der Waals surface area contributed by atoms with Gasteiger partial charge in [-0.25, -0.2) is 0 Å². The Kier molecular flexibility index (Phi) is 3.21. The van der Waals surface area contributed by atoms with Crippen molar-refractivity contribution in [3.63, 3.8) is 0 Å². The minimum atomic E-state index is 1.02. The number of aryl methyl sites for hydroxylation is 2. The first-order valence-corrected chi connectivity index (χ1v) is 4.37. The molecule has 0 bridgehead atoms. The van der Waals surface area contributed by atoms with Gasteiger partial charge in [0.05, 0.1) is 6.26 Å². The second-order valence-electron chi connectivity index (χ2n) is 3.02. The molecule has 0 radical (unpaired) electrons. The normalized spacial score (nSPS) is 10.4. The maximum absolute atomic E-state index is 5.20. The van der Waals surface area contributed by atoms with Crippen molar-refractivity contribution in [1.82, 2.24) is 0 Å². The topological polar surface area (TPSA) is 13.1 Å². The molecule has 0 aliphatic heterocycles. The van der Waals surface area contributed by atoms with E-state index >= 15 is 0 Å². The van der Waals surface area contributed by atoms with Gasteiger partial charge in [0.1, 0.15) is 5.76 Å². The third-order valence-electron chi connectivity index (χ3n) is 1.85. The molecule has 0 aromatic carbocycles. The molecule has 1 rings (SSSR count). The van der Waals surface area contributed by atoms with E-state index in [9.17, 15) is 0 Å². The Balaban J connectivity index is 2.27. The van der Waals surface area contributed by atoms with E-state index in [0.29, 0.717) is 0 Å². The Labute approximate surface area is 68.4 Å². The first-order chi connectivity index (χ1) is 5.33. The smallest absolute Gasteiger partial charge is 0.100 e. The number of furan rings is 1. The largest absolute Gasteiger partial charge is 0.469 e. The SMILES string of the molecule is CCCCCc1coc(C)c1. The third kappa shape index (κ3) is 2.79. The summed E-state index contributed by atoms with van der Waals surface area (Å²) >= 11 is 0. The lowest BCUT2D eigenvalue weighted by Gasteiger charge is -1.93. The van der Waals surface area contributed by atoms with E-state index in [2.05, 4.69) is 13.0 Å². The van der Waals surface area contributed by atoms with E-state index in [-0.39, 0.29) is 0 Å². The highest BCUT2D eigenvalue weighted by atomic mass is 16.3. The minimum Gasteiger partial charge on any atom is -0.469 e. The maximum Gasteiger partial charge on any atom is 0.100 e. The van der Waals surface area contributed by atoms with E-state index in [1.807, 2.05) is 13.2 Å². The molecule has 0 amide bonds. The van der Waals surface area contributed by atoms with Crippen molar-refractivity contribution in [2.75, 3.05) is 0 Å². The van der Waals surface area contributed by atoms with Crippen molar-refractivity contribution in [3.8, 4) is 0 Å². The number of hydrogen-bond acceptors (Lipinski definition) is 1. The molecule has 1 heteroatoms. The lowest BCUT2D eigenvalue weighted by Crippen LogP contribution is -1.80. The van der Waals surface area contributed by atoms with Crippen LogP contribution in [0.1, 0.15) is 37.5 Å². The molecule has 0 atom stereocenters. The molecule has 0 saturated heterocycles. The Hall–Kier alpha value is -0.720. The molecular weight excluding hydrogens is 136 g/mol. The second-order valence-corrected chi connectivity index (χ2v) is 3.02. The lowest BCUT2D eigenvalue weighted by atomic mass is 10.1. The van der Waals surface area contributed by atoms with Gasteiger partial charge in [-0.15, -0.1) is 0 Å². The molecule has 0 unspecified atom stereocenters. The number of hydrogen-bond donors (Lipinski definition) is 0. The van der Waals surface area contributed by atoms with Crippen LogP contribution in [0.4, 0.5) is 0 Å². The monoisotopic (exact) mass is 152 g/mol. The average Bonchev–Trinajstić information content (AvgIpc) is 2.37. The van der Waals surface area contributed by atoms with Crippen LogP contribution in [0.25, 0.3) is 0 Å². The van der Waals surface area contributed by atoms with Gasteiger partial charge in [-0.2, -0.15) is 0 Å². The molecule has 1 heterocycles. The van der Waals surface area contributed by atoms with Crippen LogP contribution in [0, 0.1) is 6.92 Å². The summed E-state index contributed by atoms with van der Waals surface area (Å²) in [6, 6.07) is 2.12. The molecule has 0 spiro atoms. The highest BCUT2D eigenvalue weighted by Gasteiger charge is 1.95. The molecule has 0 saturated carbocycles. The van der Waals surface area contributed by atoms with Crippen LogP contribution in [-0.4, -0.2) is 0 Å². The predicted octanol–water partition coefficient (Wildman–Crippen LogP) is 3.32. The average molecular weight is 152 g/mol.